The van der Waals surface area contributed by atoms with E-state index >= 15 is 0 Å². The van der Waals surface area contributed by atoms with E-state index in [1.807, 2.05) is 5.38 Å². The summed E-state index contributed by atoms with van der Waals surface area (Å²) < 4.78 is 1.50. The van der Waals surface area contributed by atoms with Crippen LogP contribution >= 0.6 is 11.3 Å². The Hall–Kier alpha value is -1.96. The summed E-state index contributed by atoms with van der Waals surface area (Å²) >= 11 is 1.57. The van der Waals surface area contributed by atoms with Crippen LogP contribution in [0.15, 0.2) is 11.6 Å². The predicted octanol–water partition coefficient (Wildman–Crippen LogP) is 1.75. The van der Waals surface area contributed by atoms with Crippen LogP contribution in [0.4, 0.5) is 11.5 Å². The lowest BCUT2D eigenvalue weighted by Crippen LogP contribution is -2.09. The topological polar surface area (TPSA) is 85.9 Å². The molecule has 2 aromatic heterocycles. The van der Waals surface area contributed by atoms with E-state index < -0.39 is 4.92 Å². The molecule has 7 nitrogen and oxygen atoms in total. The Labute approximate surface area is 108 Å². The summed E-state index contributed by atoms with van der Waals surface area (Å²) in [6.07, 6.45) is 2.48. The molecule has 18 heavy (non-hydrogen) atoms. The molecule has 8 heteroatoms. The molecule has 0 radical (unpaired) electrons. The second-order valence-corrected chi connectivity index (χ2v) is 4.75. The van der Waals surface area contributed by atoms with Gasteiger partial charge in [0.1, 0.15) is 5.69 Å². The maximum atomic E-state index is 10.9. The van der Waals surface area contributed by atoms with Crippen molar-refractivity contribution in [2.24, 2.45) is 7.05 Å². The molecule has 96 valence electrons. The third kappa shape index (κ3) is 2.48. The zero-order chi connectivity index (χ0) is 13.1. The van der Waals surface area contributed by atoms with E-state index in [0.29, 0.717) is 18.1 Å². The van der Waals surface area contributed by atoms with Crippen LogP contribution < -0.4 is 5.32 Å². The predicted molar refractivity (Wildman–Crippen MR) is 68.9 cm³/mol. The maximum absolute atomic E-state index is 10.9. The van der Waals surface area contributed by atoms with Crippen molar-refractivity contribution in [2.45, 2.75) is 13.3 Å². The van der Waals surface area contributed by atoms with Crippen molar-refractivity contribution >= 4 is 22.8 Å². The van der Waals surface area contributed by atoms with Gasteiger partial charge in [-0.3, -0.25) is 10.1 Å². The fourth-order valence-electron chi connectivity index (χ4n) is 1.73. The van der Waals surface area contributed by atoms with Crippen molar-refractivity contribution < 1.29 is 4.92 Å². The molecule has 0 bridgehead atoms. The smallest absolute Gasteiger partial charge is 0.333 e. The highest BCUT2D eigenvalue weighted by atomic mass is 32.1. The first-order chi connectivity index (χ1) is 8.59. The first-order valence-electron chi connectivity index (χ1n) is 5.40. The summed E-state index contributed by atoms with van der Waals surface area (Å²) in [6, 6.07) is 0. The maximum Gasteiger partial charge on any atom is 0.333 e. The molecule has 0 spiro atoms. The standard InChI is InChI=1S/C10H13N5O2S/c1-7-9(15(16)17)10(14(2)13-7)12-4-3-8-11-5-6-18-8/h5-6,12H,3-4H2,1-2H3. The lowest BCUT2D eigenvalue weighted by Gasteiger charge is -2.04. The molecule has 0 aliphatic heterocycles. The number of nitrogens with one attached hydrogen (secondary N) is 1. The molecule has 0 saturated heterocycles. The lowest BCUT2D eigenvalue weighted by atomic mass is 10.3. The van der Waals surface area contributed by atoms with Crippen molar-refractivity contribution in [1.29, 1.82) is 0 Å². The number of nitrogens with zero attached hydrogens (tertiary/aromatic N) is 4. The summed E-state index contributed by atoms with van der Waals surface area (Å²) in [5, 5.41) is 21.0. The van der Waals surface area contributed by atoms with Crippen LogP contribution in [0, 0.1) is 17.0 Å². The lowest BCUT2D eigenvalue weighted by molar-refractivity contribution is -0.384. The molecule has 2 aromatic rings. The van der Waals surface area contributed by atoms with Gasteiger partial charge >= 0.3 is 5.69 Å². The Kier molecular flexibility index (Phi) is 3.56. The highest BCUT2D eigenvalue weighted by Gasteiger charge is 2.23. The summed E-state index contributed by atoms with van der Waals surface area (Å²) in [4.78, 5) is 14.7. The van der Waals surface area contributed by atoms with Gasteiger partial charge in [0.25, 0.3) is 0 Å². The number of nitro groups is 1. The molecule has 2 heterocycles. The second-order valence-electron chi connectivity index (χ2n) is 3.77. The molecule has 0 aliphatic carbocycles. The normalized spacial score (nSPS) is 10.6. The quantitative estimate of drug-likeness (QED) is 0.658. The monoisotopic (exact) mass is 267 g/mol. The Morgan fingerprint density at radius 2 is 2.39 bits per heavy atom. The van der Waals surface area contributed by atoms with Gasteiger partial charge in [-0.1, -0.05) is 0 Å². The molecular weight excluding hydrogens is 254 g/mol. The van der Waals surface area contributed by atoms with E-state index in [-0.39, 0.29) is 5.69 Å². The number of aromatic nitrogens is 3. The first-order valence-corrected chi connectivity index (χ1v) is 6.27. The molecule has 1 N–H and O–H groups in total. The van der Waals surface area contributed by atoms with Gasteiger partial charge < -0.3 is 5.32 Å². The highest BCUT2D eigenvalue weighted by molar-refractivity contribution is 7.09. The molecule has 0 saturated carbocycles. The fraction of sp³-hybridized carbons (Fsp3) is 0.400. The van der Waals surface area contributed by atoms with Gasteiger partial charge in [-0.05, 0) is 6.92 Å². The summed E-state index contributed by atoms with van der Waals surface area (Å²) in [7, 11) is 1.69. The van der Waals surface area contributed by atoms with Crippen molar-refractivity contribution in [3.63, 3.8) is 0 Å². The van der Waals surface area contributed by atoms with Gasteiger partial charge in [-0.15, -0.1) is 11.3 Å². The Morgan fingerprint density at radius 3 is 3.00 bits per heavy atom. The van der Waals surface area contributed by atoms with Crippen LogP contribution in [0.1, 0.15) is 10.7 Å². The van der Waals surface area contributed by atoms with E-state index in [1.54, 1.807) is 31.5 Å². The van der Waals surface area contributed by atoms with E-state index in [2.05, 4.69) is 15.4 Å². The van der Waals surface area contributed by atoms with E-state index in [9.17, 15) is 10.1 Å². The molecule has 0 aromatic carbocycles. The summed E-state index contributed by atoms with van der Waals surface area (Å²) in [6.45, 7) is 2.22. The highest BCUT2D eigenvalue weighted by Crippen LogP contribution is 2.27. The van der Waals surface area contributed by atoms with Gasteiger partial charge in [-0.25, -0.2) is 9.67 Å². The number of rotatable bonds is 5. The molecule has 0 atom stereocenters. The van der Waals surface area contributed by atoms with E-state index in [4.69, 9.17) is 0 Å². The number of anilines is 1. The zero-order valence-electron chi connectivity index (χ0n) is 10.1. The minimum absolute atomic E-state index is 0.0386. The SMILES string of the molecule is Cc1nn(C)c(NCCc2nccs2)c1[N+](=O)[O-]. The zero-order valence-corrected chi connectivity index (χ0v) is 10.9. The molecule has 0 amide bonds. The van der Waals surface area contributed by atoms with Gasteiger partial charge in [0.15, 0.2) is 0 Å². The molecule has 0 aliphatic rings. The van der Waals surface area contributed by atoms with E-state index in [0.717, 1.165) is 11.4 Å². The number of thiazole rings is 1. The minimum atomic E-state index is -0.409. The Balaban J connectivity index is 2.07. The van der Waals surface area contributed by atoms with Gasteiger partial charge in [0.2, 0.25) is 5.82 Å². The van der Waals surface area contributed by atoms with Crippen molar-refractivity contribution in [2.75, 3.05) is 11.9 Å². The van der Waals surface area contributed by atoms with Crippen molar-refractivity contribution in [3.8, 4) is 0 Å². The number of hydrogen-bond donors (Lipinski definition) is 1. The average molecular weight is 267 g/mol. The van der Waals surface area contributed by atoms with Crippen LogP contribution in [0.25, 0.3) is 0 Å². The van der Waals surface area contributed by atoms with Crippen molar-refractivity contribution in [1.82, 2.24) is 14.8 Å². The molecule has 0 unspecified atom stereocenters. The van der Waals surface area contributed by atoms with Gasteiger partial charge in [0.05, 0.1) is 9.93 Å². The van der Waals surface area contributed by atoms with Crippen LogP contribution in [0.5, 0.6) is 0 Å². The fourth-order valence-corrected chi connectivity index (χ4v) is 2.35. The summed E-state index contributed by atoms with van der Waals surface area (Å²) in [5.41, 5.74) is 0.455. The first kappa shape index (κ1) is 12.5. The Bertz CT molecular complexity index is 549. The third-order valence-electron chi connectivity index (χ3n) is 2.49. The number of hydrogen-bond acceptors (Lipinski definition) is 6. The van der Waals surface area contributed by atoms with Crippen LogP contribution in [0.2, 0.25) is 0 Å². The van der Waals surface area contributed by atoms with E-state index in [1.165, 1.54) is 4.68 Å². The number of aryl methyl sites for hydroxylation is 2. The van der Waals surface area contributed by atoms with Gasteiger partial charge in [-0.2, -0.15) is 5.10 Å². The van der Waals surface area contributed by atoms with Crippen molar-refractivity contribution in [3.05, 3.63) is 32.4 Å². The Morgan fingerprint density at radius 1 is 1.61 bits per heavy atom. The van der Waals surface area contributed by atoms with Gasteiger partial charge in [0, 0.05) is 31.6 Å². The molecule has 0 fully saturated rings. The largest absolute Gasteiger partial charge is 0.364 e. The molecule has 2 rings (SSSR count). The second kappa shape index (κ2) is 5.13. The third-order valence-corrected chi connectivity index (χ3v) is 3.33. The molecular formula is C10H13N5O2S. The minimum Gasteiger partial charge on any atom is -0.364 e. The van der Waals surface area contributed by atoms with Crippen LogP contribution in [-0.2, 0) is 13.5 Å². The summed E-state index contributed by atoms with van der Waals surface area (Å²) in [5.74, 6) is 0.439. The van der Waals surface area contributed by atoms with Crippen LogP contribution in [0.3, 0.4) is 0 Å². The average Bonchev–Trinajstić information content (AvgIpc) is 2.87. The van der Waals surface area contributed by atoms with Crippen LogP contribution in [-0.4, -0.2) is 26.2 Å².